The predicted molar refractivity (Wildman–Crippen MR) is 123 cm³/mol. The van der Waals surface area contributed by atoms with Crippen molar-refractivity contribution in [2.45, 2.75) is 44.9 Å². The van der Waals surface area contributed by atoms with Gasteiger partial charge in [-0.15, -0.1) is 0 Å². The Hall–Kier alpha value is -3.41. The highest BCUT2D eigenvalue weighted by atomic mass is 19.1. The molecule has 2 aromatic carbocycles. The molecule has 0 spiro atoms. The first-order chi connectivity index (χ1) is 15.9. The topological polar surface area (TPSA) is 64.6 Å². The average molecular weight is 450 g/mol. The Morgan fingerprint density at radius 1 is 1.12 bits per heavy atom. The second kappa shape index (κ2) is 9.61. The van der Waals surface area contributed by atoms with E-state index in [-0.39, 0.29) is 18.3 Å². The molecular weight excluding hydrogens is 421 g/mol. The van der Waals surface area contributed by atoms with Crippen LogP contribution in [0.15, 0.2) is 71.1 Å². The summed E-state index contributed by atoms with van der Waals surface area (Å²) in [5, 5.41) is 3.31. The van der Waals surface area contributed by atoms with E-state index in [0.717, 1.165) is 17.0 Å². The minimum absolute atomic E-state index is 0.00390. The van der Waals surface area contributed by atoms with Gasteiger partial charge in [-0.25, -0.2) is 9.18 Å². The Morgan fingerprint density at radius 2 is 1.88 bits per heavy atom. The Balaban J connectivity index is 1.75. The number of nitrogens with one attached hydrogen (secondary N) is 1. The van der Waals surface area contributed by atoms with Crippen molar-refractivity contribution in [3.8, 4) is 5.75 Å². The highest BCUT2D eigenvalue weighted by Gasteiger charge is 2.41. The van der Waals surface area contributed by atoms with Crippen molar-refractivity contribution in [1.82, 2.24) is 5.32 Å². The summed E-state index contributed by atoms with van der Waals surface area (Å²) in [7, 11) is 1.62. The molecule has 1 aliphatic carbocycles. The number of ketones is 1. The number of halogens is 1. The minimum atomic E-state index is -0.661. The fourth-order valence-corrected chi connectivity index (χ4v) is 4.71. The molecule has 0 saturated carbocycles. The van der Waals surface area contributed by atoms with Crippen LogP contribution in [-0.4, -0.2) is 25.5 Å². The summed E-state index contributed by atoms with van der Waals surface area (Å²) in [6.07, 6.45) is 1.62. The molecule has 1 N–H and O–H groups in total. The van der Waals surface area contributed by atoms with E-state index in [2.05, 4.69) is 5.32 Å². The van der Waals surface area contributed by atoms with Gasteiger partial charge in [-0.2, -0.15) is 0 Å². The number of ether oxygens (including phenoxy) is 2. The van der Waals surface area contributed by atoms with Gasteiger partial charge in [0.25, 0.3) is 0 Å². The third kappa shape index (κ3) is 4.56. The minimum Gasteiger partial charge on any atom is -0.497 e. The van der Waals surface area contributed by atoms with E-state index in [1.54, 1.807) is 26.2 Å². The summed E-state index contributed by atoms with van der Waals surface area (Å²) in [4.78, 5) is 26.5. The highest BCUT2D eigenvalue weighted by molar-refractivity contribution is 6.04. The molecule has 2 aliphatic rings. The summed E-state index contributed by atoms with van der Waals surface area (Å²) in [5.74, 6) is -0.835. The number of Topliss-reactive ketones (excluding diaryl/α,β-unsaturated/α-hetero) is 1. The Labute approximate surface area is 193 Å². The molecule has 172 valence electrons. The highest BCUT2D eigenvalue weighted by Crippen LogP contribution is 2.45. The number of methoxy groups -OCH3 is 1. The molecule has 2 aromatic rings. The predicted octanol–water partition coefficient (Wildman–Crippen LogP) is 5.15. The van der Waals surface area contributed by atoms with Gasteiger partial charge >= 0.3 is 5.97 Å². The lowest BCUT2D eigenvalue weighted by atomic mass is 9.71. The lowest BCUT2D eigenvalue weighted by Gasteiger charge is -2.36. The number of carbonyl (C=O) groups excluding carboxylic acids is 2. The lowest BCUT2D eigenvalue weighted by Crippen LogP contribution is -2.36. The number of hydrogen-bond acceptors (Lipinski definition) is 5. The number of esters is 1. The van der Waals surface area contributed by atoms with Crippen molar-refractivity contribution < 1.29 is 23.5 Å². The molecule has 0 radical (unpaired) electrons. The van der Waals surface area contributed by atoms with Gasteiger partial charge in [-0.1, -0.05) is 31.2 Å². The van der Waals surface area contributed by atoms with Gasteiger partial charge < -0.3 is 14.8 Å². The molecule has 4 rings (SSSR count). The largest absolute Gasteiger partial charge is 0.497 e. The third-order valence-electron chi connectivity index (χ3n) is 6.25. The fourth-order valence-electron chi connectivity index (χ4n) is 4.71. The number of dihydropyridines is 1. The molecule has 1 aliphatic heterocycles. The quantitative estimate of drug-likeness (QED) is 0.618. The van der Waals surface area contributed by atoms with Crippen molar-refractivity contribution in [3.05, 3.63) is 88.0 Å². The van der Waals surface area contributed by atoms with Crippen LogP contribution in [0.2, 0.25) is 0 Å². The van der Waals surface area contributed by atoms with Crippen LogP contribution < -0.4 is 10.1 Å². The average Bonchev–Trinajstić information content (AvgIpc) is 2.81. The van der Waals surface area contributed by atoms with Crippen LogP contribution in [-0.2, 0) is 14.3 Å². The zero-order chi connectivity index (χ0) is 23.5. The maximum atomic E-state index is 14.2. The number of rotatable bonds is 6. The van der Waals surface area contributed by atoms with Crippen molar-refractivity contribution >= 4 is 11.8 Å². The standard InChI is InChI=1S/C27H28FNO4/c1-4-12-33-27(31)24-16(2)29-22-14-19(17-8-10-21(32-3)11-9-17)15-23(30)26(22)25(24)18-6-5-7-20(28)13-18/h5-11,13,19,25,29H,4,12,14-15H2,1-3H3/t19-,25+/m0/s1. The maximum Gasteiger partial charge on any atom is 0.336 e. The van der Waals surface area contributed by atoms with Gasteiger partial charge in [0.2, 0.25) is 0 Å². The second-order valence-electron chi connectivity index (χ2n) is 8.48. The van der Waals surface area contributed by atoms with E-state index in [4.69, 9.17) is 9.47 Å². The van der Waals surface area contributed by atoms with Gasteiger partial charge in [0.15, 0.2) is 5.78 Å². The number of carbonyl (C=O) groups is 2. The monoisotopic (exact) mass is 449 g/mol. The van der Waals surface area contributed by atoms with Gasteiger partial charge in [-0.05, 0) is 61.1 Å². The summed E-state index contributed by atoms with van der Waals surface area (Å²) in [5.41, 5.74) is 3.93. The molecule has 5 nitrogen and oxygen atoms in total. The summed E-state index contributed by atoms with van der Waals surface area (Å²) in [6, 6.07) is 13.8. The zero-order valence-corrected chi connectivity index (χ0v) is 19.1. The summed E-state index contributed by atoms with van der Waals surface area (Å²) in [6.45, 7) is 4.01. The first kappa shape index (κ1) is 22.8. The van der Waals surface area contributed by atoms with Crippen LogP contribution in [0.5, 0.6) is 5.75 Å². The van der Waals surface area contributed by atoms with Gasteiger partial charge in [0.05, 0.1) is 19.3 Å². The van der Waals surface area contributed by atoms with E-state index in [1.165, 1.54) is 12.1 Å². The van der Waals surface area contributed by atoms with Crippen molar-refractivity contribution in [2.75, 3.05) is 13.7 Å². The number of allylic oxidation sites excluding steroid dienone is 3. The van der Waals surface area contributed by atoms with E-state index in [1.807, 2.05) is 31.2 Å². The smallest absolute Gasteiger partial charge is 0.336 e. The molecule has 0 aromatic heterocycles. The fraction of sp³-hybridized carbons (Fsp3) is 0.333. The van der Waals surface area contributed by atoms with Gasteiger partial charge in [-0.3, -0.25) is 4.79 Å². The van der Waals surface area contributed by atoms with Crippen molar-refractivity contribution in [1.29, 1.82) is 0 Å². The summed E-state index contributed by atoms with van der Waals surface area (Å²) >= 11 is 0. The molecule has 0 fully saturated rings. The van der Waals surface area contributed by atoms with Crippen LogP contribution in [0.4, 0.5) is 4.39 Å². The maximum absolute atomic E-state index is 14.2. The molecule has 2 atom stereocenters. The molecule has 0 amide bonds. The van der Waals surface area contributed by atoms with Gasteiger partial charge in [0, 0.05) is 29.3 Å². The number of hydrogen-bond donors (Lipinski definition) is 1. The zero-order valence-electron chi connectivity index (χ0n) is 19.1. The molecule has 1 heterocycles. The molecule has 0 unspecified atom stereocenters. The van der Waals surface area contributed by atoms with E-state index >= 15 is 0 Å². The molecule has 0 saturated heterocycles. The molecule has 6 heteroatoms. The lowest BCUT2D eigenvalue weighted by molar-refractivity contribution is -0.139. The van der Waals surface area contributed by atoms with Crippen molar-refractivity contribution in [2.24, 2.45) is 0 Å². The summed E-state index contributed by atoms with van der Waals surface area (Å²) < 4.78 is 24.8. The van der Waals surface area contributed by atoms with E-state index in [9.17, 15) is 14.0 Å². The normalized spacial score (nSPS) is 20.3. The molecule has 33 heavy (non-hydrogen) atoms. The van der Waals surface area contributed by atoms with E-state index < -0.39 is 17.7 Å². The second-order valence-corrected chi connectivity index (χ2v) is 8.48. The van der Waals surface area contributed by atoms with Crippen LogP contribution in [0.3, 0.4) is 0 Å². The Kier molecular flexibility index (Phi) is 6.63. The van der Waals surface area contributed by atoms with Crippen LogP contribution in [0.25, 0.3) is 0 Å². The number of benzene rings is 2. The van der Waals surface area contributed by atoms with Crippen LogP contribution >= 0.6 is 0 Å². The third-order valence-corrected chi connectivity index (χ3v) is 6.25. The first-order valence-electron chi connectivity index (χ1n) is 11.2. The van der Waals surface area contributed by atoms with Gasteiger partial charge in [0.1, 0.15) is 11.6 Å². The Morgan fingerprint density at radius 3 is 2.55 bits per heavy atom. The van der Waals surface area contributed by atoms with E-state index in [0.29, 0.717) is 41.7 Å². The van der Waals surface area contributed by atoms with Crippen LogP contribution in [0, 0.1) is 5.82 Å². The molecule has 0 bridgehead atoms. The Bertz CT molecular complexity index is 1130. The first-order valence-corrected chi connectivity index (χ1v) is 11.2. The molecular formula is C27H28FNO4. The van der Waals surface area contributed by atoms with Crippen molar-refractivity contribution in [3.63, 3.8) is 0 Å². The van der Waals surface area contributed by atoms with Crippen LogP contribution in [0.1, 0.15) is 56.1 Å². The SMILES string of the molecule is CCCOC(=O)C1=C(C)NC2=C(C(=O)C[C@@H](c3ccc(OC)cc3)C2)[C@@H]1c1cccc(F)c1.